The maximum atomic E-state index is 12.5. The molecule has 1 N–H and O–H groups in total. The zero-order chi connectivity index (χ0) is 16.9. The molecule has 0 radical (unpaired) electrons. The maximum absolute atomic E-state index is 12.5. The lowest BCUT2D eigenvalue weighted by Gasteiger charge is -2.35. The minimum absolute atomic E-state index is 0.128. The van der Waals surface area contributed by atoms with E-state index in [1.807, 2.05) is 54.6 Å². The normalized spacial score (nSPS) is 16.3. The van der Waals surface area contributed by atoms with Crippen molar-refractivity contribution in [1.29, 1.82) is 0 Å². The molecule has 5 nitrogen and oxygen atoms in total. The van der Waals surface area contributed by atoms with Crippen LogP contribution in [0.1, 0.15) is 29.2 Å². The summed E-state index contributed by atoms with van der Waals surface area (Å²) in [5.74, 6) is -0.933. The number of aliphatic carboxylic acids is 1. The van der Waals surface area contributed by atoms with Gasteiger partial charge in [0.05, 0.1) is 12.5 Å². The van der Waals surface area contributed by atoms with Crippen molar-refractivity contribution in [2.45, 2.75) is 25.5 Å². The van der Waals surface area contributed by atoms with Crippen molar-refractivity contribution in [3.05, 3.63) is 71.3 Å². The molecule has 1 aliphatic heterocycles. The minimum atomic E-state index is -0.933. The van der Waals surface area contributed by atoms with Gasteiger partial charge < -0.3 is 14.7 Å². The molecule has 0 spiro atoms. The largest absolute Gasteiger partial charge is 0.481 e. The summed E-state index contributed by atoms with van der Waals surface area (Å²) in [5, 5.41) is 9.22. The van der Waals surface area contributed by atoms with Crippen LogP contribution in [0, 0.1) is 0 Å². The van der Waals surface area contributed by atoms with Crippen LogP contribution in [0.4, 0.5) is 4.79 Å². The first-order chi connectivity index (χ1) is 11.6. The Kier molecular flexibility index (Phi) is 4.79. The van der Waals surface area contributed by atoms with Gasteiger partial charge in [-0.15, -0.1) is 0 Å². The number of ether oxygens (including phenoxy) is 1. The first-order valence-electron chi connectivity index (χ1n) is 7.92. The zero-order valence-electron chi connectivity index (χ0n) is 13.2. The summed E-state index contributed by atoms with van der Waals surface area (Å²) >= 11 is 0. The van der Waals surface area contributed by atoms with E-state index in [4.69, 9.17) is 4.74 Å². The Hall–Kier alpha value is -2.82. The number of rotatable bonds is 4. The third kappa shape index (κ3) is 3.56. The van der Waals surface area contributed by atoms with Crippen LogP contribution in [0.5, 0.6) is 0 Å². The summed E-state index contributed by atoms with van der Waals surface area (Å²) in [5.41, 5.74) is 2.89. The highest BCUT2D eigenvalue weighted by Gasteiger charge is 2.33. The van der Waals surface area contributed by atoms with Crippen LogP contribution in [0.2, 0.25) is 0 Å². The van der Waals surface area contributed by atoms with Gasteiger partial charge in [0.15, 0.2) is 0 Å². The van der Waals surface area contributed by atoms with Crippen LogP contribution in [-0.4, -0.2) is 28.6 Å². The Morgan fingerprint density at radius 3 is 2.54 bits per heavy atom. The average Bonchev–Trinajstić information content (AvgIpc) is 2.60. The molecule has 3 rings (SSSR count). The zero-order valence-corrected chi connectivity index (χ0v) is 13.2. The number of hydrogen-bond acceptors (Lipinski definition) is 3. The molecular formula is C19H19NO4. The molecule has 0 aromatic heterocycles. The van der Waals surface area contributed by atoms with E-state index in [9.17, 15) is 14.7 Å². The predicted molar refractivity (Wildman–Crippen MR) is 88.5 cm³/mol. The molecule has 1 atom stereocenters. The van der Waals surface area contributed by atoms with Gasteiger partial charge >= 0.3 is 12.1 Å². The molecule has 24 heavy (non-hydrogen) atoms. The highest BCUT2D eigenvalue weighted by Crippen LogP contribution is 2.32. The highest BCUT2D eigenvalue weighted by atomic mass is 16.6. The fraction of sp³-hybridized carbons (Fsp3) is 0.263. The molecule has 0 saturated carbocycles. The number of carboxylic acids is 1. The van der Waals surface area contributed by atoms with E-state index in [2.05, 4.69) is 0 Å². The highest BCUT2D eigenvalue weighted by molar-refractivity contribution is 5.73. The maximum Gasteiger partial charge on any atom is 0.410 e. The van der Waals surface area contributed by atoms with Gasteiger partial charge in [-0.25, -0.2) is 4.79 Å². The second-order valence-corrected chi connectivity index (χ2v) is 5.80. The summed E-state index contributed by atoms with van der Waals surface area (Å²) in [6.45, 7) is 0.639. The number of fused-ring (bicyclic) bond motifs is 1. The van der Waals surface area contributed by atoms with E-state index >= 15 is 0 Å². The number of carboxylic acid groups (broad SMARTS) is 1. The van der Waals surface area contributed by atoms with Crippen LogP contribution < -0.4 is 0 Å². The van der Waals surface area contributed by atoms with Crippen molar-refractivity contribution in [1.82, 2.24) is 4.90 Å². The first kappa shape index (κ1) is 16.1. The Bertz CT molecular complexity index is 729. The van der Waals surface area contributed by atoms with Crippen LogP contribution >= 0.6 is 0 Å². The van der Waals surface area contributed by atoms with Gasteiger partial charge in [-0.1, -0.05) is 54.6 Å². The molecule has 0 bridgehead atoms. The standard InChI is InChI=1S/C19H19NO4/c21-18(22)12-17-16-9-5-4-8-15(16)10-11-20(17)19(23)24-13-14-6-2-1-3-7-14/h1-9,17H,10-13H2,(H,21,22)/t17-/m1/s1. The second-order valence-electron chi connectivity index (χ2n) is 5.80. The summed E-state index contributed by atoms with van der Waals surface area (Å²) in [6, 6.07) is 16.6. The Balaban J connectivity index is 1.75. The SMILES string of the molecule is O=C(O)C[C@@H]1c2ccccc2CCN1C(=O)OCc1ccccc1. The first-order valence-corrected chi connectivity index (χ1v) is 7.92. The monoisotopic (exact) mass is 325 g/mol. The van der Waals surface area contributed by atoms with E-state index < -0.39 is 18.1 Å². The molecule has 1 aliphatic rings. The minimum Gasteiger partial charge on any atom is -0.481 e. The van der Waals surface area contributed by atoms with Gasteiger partial charge in [0.1, 0.15) is 6.61 Å². The van der Waals surface area contributed by atoms with Crippen LogP contribution in [-0.2, 0) is 22.6 Å². The van der Waals surface area contributed by atoms with Gasteiger partial charge in [0.2, 0.25) is 0 Å². The van der Waals surface area contributed by atoms with E-state index in [1.54, 1.807) is 0 Å². The van der Waals surface area contributed by atoms with Crippen molar-refractivity contribution in [2.75, 3.05) is 6.54 Å². The van der Waals surface area contributed by atoms with Gasteiger partial charge in [-0.2, -0.15) is 0 Å². The lowest BCUT2D eigenvalue weighted by molar-refractivity contribution is -0.138. The molecule has 0 aliphatic carbocycles. The van der Waals surface area contributed by atoms with E-state index in [0.29, 0.717) is 13.0 Å². The number of benzene rings is 2. The number of hydrogen-bond donors (Lipinski definition) is 1. The van der Waals surface area contributed by atoms with Crippen molar-refractivity contribution in [2.24, 2.45) is 0 Å². The molecule has 124 valence electrons. The van der Waals surface area contributed by atoms with Crippen LogP contribution in [0.15, 0.2) is 54.6 Å². The van der Waals surface area contributed by atoms with Crippen molar-refractivity contribution < 1.29 is 19.4 Å². The van der Waals surface area contributed by atoms with Gasteiger partial charge in [0, 0.05) is 6.54 Å². The molecule has 0 saturated heterocycles. The smallest absolute Gasteiger partial charge is 0.410 e. The van der Waals surface area contributed by atoms with Crippen molar-refractivity contribution in [3.63, 3.8) is 0 Å². The molecule has 1 heterocycles. The number of nitrogens with zero attached hydrogens (tertiary/aromatic N) is 1. The summed E-state index contributed by atoms with van der Waals surface area (Å²) in [6.07, 6.45) is 0.101. The van der Waals surface area contributed by atoms with Crippen LogP contribution in [0.3, 0.4) is 0 Å². The molecule has 0 unspecified atom stereocenters. The molecule has 5 heteroatoms. The Labute approximate surface area is 140 Å². The quantitative estimate of drug-likeness (QED) is 0.935. The van der Waals surface area contributed by atoms with Crippen LogP contribution in [0.25, 0.3) is 0 Å². The fourth-order valence-electron chi connectivity index (χ4n) is 3.06. The Morgan fingerprint density at radius 1 is 1.08 bits per heavy atom. The van der Waals surface area contributed by atoms with E-state index in [-0.39, 0.29) is 13.0 Å². The van der Waals surface area contributed by atoms with E-state index in [0.717, 1.165) is 16.7 Å². The third-order valence-corrected chi connectivity index (χ3v) is 4.22. The average molecular weight is 325 g/mol. The molecular weight excluding hydrogens is 306 g/mol. The predicted octanol–water partition coefficient (Wildman–Crippen LogP) is 3.40. The Morgan fingerprint density at radius 2 is 1.79 bits per heavy atom. The van der Waals surface area contributed by atoms with Crippen molar-refractivity contribution in [3.8, 4) is 0 Å². The van der Waals surface area contributed by atoms with Crippen molar-refractivity contribution >= 4 is 12.1 Å². The summed E-state index contributed by atoms with van der Waals surface area (Å²) in [4.78, 5) is 25.3. The lowest BCUT2D eigenvalue weighted by atomic mass is 9.91. The van der Waals surface area contributed by atoms with Gasteiger partial charge in [0.25, 0.3) is 0 Å². The van der Waals surface area contributed by atoms with E-state index in [1.165, 1.54) is 4.90 Å². The third-order valence-electron chi connectivity index (χ3n) is 4.22. The van der Waals surface area contributed by atoms with Gasteiger partial charge in [-0.05, 0) is 23.1 Å². The lowest BCUT2D eigenvalue weighted by Crippen LogP contribution is -2.41. The summed E-state index contributed by atoms with van der Waals surface area (Å²) in [7, 11) is 0. The van der Waals surface area contributed by atoms with Gasteiger partial charge in [-0.3, -0.25) is 4.79 Å². The molecule has 2 aromatic carbocycles. The fourth-order valence-corrected chi connectivity index (χ4v) is 3.06. The number of carbonyl (C=O) groups is 2. The molecule has 0 fully saturated rings. The molecule has 2 aromatic rings. The molecule has 1 amide bonds. The topological polar surface area (TPSA) is 66.8 Å². The summed E-state index contributed by atoms with van der Waals surface area (Å²) < 4.78 is 5.39. The second kappa shape index (κ2) is 7.17. The number of carbonyl (C=O) groups excluding carboxylic acids is 1. The number of amides is 1.